The van der Waals surface area contributed by atoms with Gasteiger partial charge in [-0.25, -0.2) is 8.42 Å². The van der Waals surface area contributed by atoms with Gasteiger partial charge in [-0.15, -0.1) is 0 Å². The van der Waals surface area contributed by atoms with Crippen molar-refractivity contribution in [3.05, 3.63) is 22.8 Å². The van der Waals surface area contributed by atoms with E-state index < -0.39 is 23.4 Å². The number of hydrogen-bond donors (Lipinski definition) is 0. The first-order valence-electron chi connectivity index (χ1n) is 13.5. The molecule has 0 aromatic rings. The molecule has 0 saturated heterocycles. The Balaban J connectivity index is 1.60. The summed E-state index contributed by atoms with van der Waals surface area (Å²) in [6, 6.07) is 0. The molecule has 34 heavy (non-hydrogen) atoms. The normalized spacial score (nSPS) is 38.0. The van der Waals surface area contributed by atoms with E-state index in [0.717, 1.165) is 68.8 Å². The fourth-order valence-electron chi connectivity index (χ4n) is 7.35. The van der Waals surface area contributed by atoms with Gasteiger partial charge in [-0.1, -0.05) is 51.8 Å². The molecule has 6 atom stereocenters. The maximum Gasteiger partial charge on any atom is 0.192 e. The average Bonchev–Trinajstić information content (AvgIpc) is 3.20. The highest BCUT2D eigenvalue weighted by atomic mass is 32.2. The fraction of sp³-hybridized carbons (Fsp3) is 0.821. The minimum atomic E-state index is -3.20. The largest absolute Gasteiger partial charge is 0.414 e. The Kier molecular flexibility index (Phi) is 6.96. The Morgan fingerprint density at radius 1 is 1.15 bits per heavy atom. The predicted molar refractivity (Wildman–Crippen MR) is 142 cm³/mol. The van der Waals surface area contributed by atoms with Crippen molar-refractivity contribution < 1.29 is 17.6 Å². The molecule has 1 aliphatic heterocycles. The molecule has 0 N–H and O–H groups in total. The molecule has 4 nitrogen and oxygen atoms in total. The van der Waals surface area contributed by atoms with Crippen molar-refractivity contribution in [1.82, 2.24) is 0 Å². The van der Waals surface area contributed by atoms with Gasteiger partial charge in [-0.3, -0.25) is 0 Å². The van der Waals surface area contributed by atoms with Gasteiger partial charge in [0.15, 0.2) is 18.2 Å². The first-order valence-corrected chi connectivity index (χ1v) is 18.1. The standard InChI is InChI=1S/C28H46O4SSi/c1-19(17-29)24-12-13-25-20(9-8-14-28(24,25)5)15-26-23-16-22(32-34(6,7)27(2,3)4)11-10-21(23)18-33(26,30)31/h15,17,19,22,24-26H,8-14,16,18H2,1-7H3/b20-15+/t19-,22+,24-,25+,26?,28-/m1/s1. The van der Waals surface area contributed by atoms with Crippen LogP contribution in [0.2, 0.25) is 18.1 Å². The lowest BCUT2D eigenvalue weighted by atomic mass is 9.61. The van der Waals surface area contributed by atoms with Gasteiger partial charge in [0.2, 0.25) is 0 Å². The van der Waals surface area contributed by atoms with Gasteiger partial charge in [0, 0.05) is 12.0 Å². The molecule has 4 aliphatic rings. The number of hydrogen-bond acceptors (Lipinski definition) is 4. The van der Waals surface area contributed by atoms with Crippen LogP contribution in [0.25, 0.3) is 0 Å². The van der Waals surface area contributed by atoms with Crippen LogP contribution in [0.1, 0.15) is 86.0 Å². The van der Waals surface area contributed by atoms with Crippen LogP contribution in [0.15, 0.2) is 22.8 Å². The van der Waals surface area contributed by atoms with E-state index in [4.69, 9.17) is 4.43 Å². The Labute approximate surface area is 209 Å². The van der Waals surface area contributed by atoms with Gasteiger partial charge < -0.3 is 9.22 Å². The van der Waals surface area contributed by atoms with E-state index in [2.05, 4.69) is 53.8 Å². The van der Waals surface area contributed by atoms with Crippen LogP contribution in [0.3, 0.4) is 0 Å². The van der Waals surface area contributed by atoms with Gasteiger partial charge >= 0.3 is 0 Å². The van der Waals surface area contributed by atoms with Gasteiger partial charge in [0.05, 0.1) is 5.75 Å². The highest BCUT2D eigenvalue weighted by Gasteiger charge is 2.51. The van der Waals surface area contributed by atoms with Gasteiger partial charge in [-0.05, 0) is 92.3 Å². The number of carbonyl (C=O) groups excluding carboxylic acids is 1. The van der Waals surface area contributed by atoms with Crippen LogP contribution in [-0.4, -0.2) is 40.1 Å². The molecule has 0 amide bonds. The molecule has 0 spiro atoms. The summed E-state index contributed by atoms with van der Waals surface area (Å²) in [6.45, 7) is 15.8. The summed E-state index contributed by atoms with van der Waals surface area (Å²) in [7, 11) is -5.10. The van der Waals surface area contributed by atoms with Crippen molar-refractivity contribution in [3.8, 4) is 0 Å². The van der Waals surface area contributed by atoms with E-state index in [1.165, 1.54) is 5.57 Å². The smallest absolute Gasteiger partial charge is 0.192 e. The summed E-state index contributed by atoms with van der Waals surface area (Å²) < 4.78 is 33.5. The van der Waals surface area contributed by atoms with Crippen molar-refractivity contribution in [2.24, 2.45) is 23.2 Å². The van der Waals surface area contributed by atoms with Crippen molar-refractivity contribution in [2.45, 2.75) is 115 Å². The summed E-state index contributed by atoms with van der Waals surface area (Å²) in [6.07, 6.45) is 11.4. The molecule has 1 heterocycles. The lowest BCUT2D eigenvalue weighted by molar-refractivity contribution is -0.113. The molecular weight excluding hydrogens is 460 g/mol. The van der Waals surface area contributed by atoms with Gasteiger partial charge in [0.1, 0.15) is 11.5 Å². The highest BCUT2D eigenvalue weighted by molar-refractivity contribution is 7.92. The molecule has 6 heteroatoms. The minimum Gasteiger partial charge on any atom is -0.414 e. The third-order valence-corrected chi connectivity index (χ3v) is 16.8. The number of fused-ring (bicyclic) bond motifs is 1. The number of allylic oxidation sites excluding steroid dienone is 1. The Hall–Kier alpha value is -0.723. The molecular formula is C28H46O4SSi. The Morgan fingerprint density at radius 3 is 2.50 bits per heavy atom. The zero-order chi connectivity index (χ0) is 25.1. The van der Waals surface area contributed by atoms with Gasteiger partial charge in [0.25, 0.3) is 0 Å². The lowest BCUT2D eigenvalue weighted by Gasteiger charge is -2.44. The van der Waals surface area contributed by atoms with Crippen molar-refractivity contribution in [2.75, 3.05) is 5.75 Å². The molecule has 0 radical (unpaired) electrons. The maximum absolute atomic E-state index is 13.4. The Morgan fingerprint density at radius 2 is 1.85 bits per heavy atom. The molecule has 0 aromatic heterocycles. The molecule has 3 aliphatic carbocycles. The Bertz CT molecular complexity index is 986. The molecule has 4 rings (SSSR count). The zero-order valence-electron chi connectivity index (χ0n) is 22.4. The molecule has 0 bridgehead atoms. The first-order chi connectivity index (χ1) is 15.7. The second kappa shape index (κ2) is 8.99. The van der Waals surface area contributed by atoms with E-state index in [1.54, 1.807) is 0 Å². The quantitative estimate of drug-likeness (QED) is 0.238. The third kappa shape index (κ3) is 4.56. The number of sulfone groups is 1. The fourth-order valence-corrected chi connectivity index (χ4v) is 10.8. The summed E-state index contributed by atoms with van der Waals surface area (Å²) in [5.74, 6) is 1.13. The zero-order valence-corrected chi connectivity index (χ0v) is 24.3. The van der Waals surface area contributed by atoms with Crippen molar-refractivity contribution in [3.63, 3.8) is 0 Å². The van der Waals surface area contributed by atoms with Crippen molar-refractivity contribution >= 4 is 24.4 Å². The molecule has 192 valence electrons. The van der Waals surface area contributed by atoms with E-state index in [9.17, 15) is 13.2 Å². The van der Waals surface area contributed by atoms with E-state index in [1.807, 2.05) is 0 Å². The molecule has 0 aromatic carbocycles. The van der Waals surface area contributed by atoms with Crippen LogP contribution in [-0.2, 0) is 19.1 Å². The summed E-state index contributed by atoms with van der Waals surface area (Å²) in [5, 5.41) is -0.317. The molecule has 1 unspecified atom stereocenters. The van der Waals surface area contributed by atoms with Crippen molar-refractivity contribution in [1.29, 1.82) is 0 Å². The second-order valence-corrected chi connectivity index (χ2v) is 20.3. The van der Waals surface area contributed by atoms with E-state index in [-0.39, 0.29) is 28.2 Å². The number of carbonyl (C=O) groups is 1. The molecule has 2 fully saturated rings. The highest BCUT2D eigenvalue weighted by Crippen LogP contribution is 2.59. The predicted octanol–water partition coefficient (Wildman–Crippen LogP) is 6.63. The van der Waals surface area contributed by atoms with E-state index in [0.29, 0.717) is 11.8 Å². The van der Waals surface area contributed by atoms with Crippen LogP contribution in [0.4, 0.5) is 0 Å². The second-order valence-electron chi connectivity index (χ2n) is 13.4. The SMILES string of the molecule is C[C@H](C=O)[C@H]1CC[C@H]2/C(=C/C3C4=C(CC[C@H](O[Si](C)(C)C(C)(C)C)C4)CS3(=O)=O)CCC[C@]12C. The van der Waals surface area contributed by atoms with Crippen LogP contribution < -0.4 is 0 Å². The average molecular weight is 507 g/mol. The molecule has 2 saturated carbocycles. The summed E-state index contributed by atoms with van der Waals surface area (Å²) in [5.41, 5.74) is 3.77. The van der Waals surface area contributed by atoms with Gasteiger partial charge in [-0.2, -0.15) is 0 Å². The summed E-state index contributed by atoms with van der Waals surface area (Å²) >= 11 is 0. The van der Waals surface area contributed by atoms with Crippen LogP contribution in [0, 0.1) is 23.2 Å². The number of rotatable bonds is 5. The van der Waals surface area contributed by atoms with Crippen LogP contribution in [0.5, 0.6) is 0 Å². The topological polar surface area (TPSA) is 60.4 Å². The van der Waals surface area contributed by atoms with E-state index >= 15 is 0 Å². The van der Waals surface area contributed by atoms with Crippen LogP contribution >= 0.6 is 0 Å². The first kappa shape index (κ1) is 26.3. The monoisotopic (exact) mass is 506 g/mol. The third-order valence-electron chi connectivity index (χ3n) is 10.3. The minimum absolute atomic E-state index is 0.0745. The number of aldehydes is 1. The lowest BCUT2D eigenvalue weighted by Crippen LogP contribution is -2.44. The maximum atomic E-state index is 13.4. The summed E-state index contributed by atoms with van der Waals surface area (Å²) in [4.78, 5) is 11.6.